The Labute approximate surface area is 156 Å². The minimum Gasteiger partial charge on any atom is -0.496 e. The van der Waals surface area contributed by atoms with E-state index < -0.39 is 17.8 Å². The molecule has 1 heterocycles. The van der Waals surface area contributed by atoms with Crippen LogP contribution in [0.4, 0.5) is 0 Å². The summed E-state index contributed by atoms with van der Waals surface area (Å²) in [5.41, 5.74) is 0.679. The molecule has 2 rings (SSSR count). The Morgan fingerprint density at radius 2 is 1.78 bits per heavy atom. The number of ether oxygens (including phenoxy) is 3. The fourth-order valence-electron chi connectivity index (χ4n) is 2.54. The Morgan fingerprint density at radius 1 is 1.11 bits per heavy atom. The molecule has 1 amide bonds. The molecule has 1 aromatic heterocycles. The highest BCUT2D eigenvalue weighted by Crippen LogP contribution is 2.24. The van der Waals surface area contributed by atoms with Crippen molar-refractivity contribution in [3.63, 3.8) is 0 Å². The first kappa shape index (κ1) is 20.0. The normalized spacial score (nSPS) is 11.4. The second kappa shape index (κ2) is 8.84. The predicted molar refractivity (Wildman–Crippen MR) is 94.5 cm³/mol. The molecule has 0 aliphatic rings. The summed E-state index contributed by atoms with van der Waals surface area (Å²) in [6.07, 6.45) is 0. The number of methoxy groups -OCH3 is 3. The number of carbonyl (C=O) groups is 3. The maximum absolute atomic E-state index is 12.4. The molecule has 0 saturated carbocycles. The summed E-state index contributed by atoms with van der Waals surface area (Å²) in [7, 11) is 3.94. The number of hydrogen-bond acceptors (Lipinski definition) is 7. The Morgan fingerprint density at radius 3 is 2.41 bits per heavy atom. The largest absolute Gasteiger partial charge is 0.496 e. The highest BCUT2D eigenvalue weighted by molar-refractivity contribution is 5.93. The fourth-order valence-corrected chi connectivity index (χ4v) is 2.54. The lowest BCUT2D eigenvalue weighted by Crippen LogP contribution is -2.31. The third-order valence-corrected chi connectivity index (χ3v) is 3.85. The highest BCUT2D eigenvalue weighted by atomic mass is 16.5. The van der Waals surface area contributed by atoms with Crippen molar-refractivity contribution in [2.75, 3.05) is 21.3 Å². The van der Waals surface area contributed by atoms with Gasteiger partial charge in [0, 0.05) is 11.6 Å². The van der Waals surface area contributed by atoms with Crippen molar-refractivity contribution in [2.45, 2.75) is 19.5 Å². The molecular weight excluding hydrogens is 354 g/mol. The summed E-state index contributed by atoms with van der Waals surface area (Å²) < 4.78 is 15.6. The molecule has 144 valence electrons. The smallest absolute Gasteiger partial charge is 0.358 e. The molecule has 0 aliphatic heterocycles. The Kier molecular flexibility index (Phi) is 6.53. The first-order valence-corrected chi connectivity index (χ1v) is 8.08. The molecular formula is C18H21N3O6. The molecule has 1 aromatic carbocycles. The Bertz CT molecular complexity index is 845. The second-order valence-electron chi connectivity index (χ2n) is 5.59. The van der Waals surface area contributed by atoms with E-state index in [1.54, 1.807) is 20.1 Å². The van der Waals surface area contributed by atoms with Crippen LogP contribution in [-0.2, 0) is 20.8 Å². The van der Waals surface area contributed by atoms with E-state index in [0.29, 0.717) is 5.75 Å². The zero-order valence-electron chi connectivity index (χ0n) is 15.5. The summed E-state index contributed by atoms with van der Waals surface area (Å²) in [4.78, 5) is 36.0. The van der Waals surface area contributed by atoms with Crippen molar-refractivity contribution in [2.24, 2.45) is 0 Å². The van der Waals surface area contributed by atoms with E-state index in [1.807, 2.05) is 18.2 Å². The maximum atomic E-state index is 12.4. The summed E-state index contributed by atoms with van der Waals surface area (Å²) in [6, 6.07) is 8.18. The van der Waals surface area contributed by atoms with E-state index in [1.165, 1.54) is 20.3 Å². The molecule has 9 heteroatoms. The molecule has 0 fully saturated rings. The predicted octanol–water partition coefficient (Wildman–Crippen LogP) is 1.34. The Hall–Kier alpha value is -3.36. The zero-order valence-corrected chi connectivity index (χ0v) is 15.5. The van der Waals surface area contributed by atoms with E-state index in [-0.39, 0.29) is 24.0 Å². The van der Waals surface area contributed by atoms with Gasteiger partial charge in [0.2, 0.25) is 5.91 Å². The maximum Gasteiger partial charge on any atom is 0.358 e. The molecule has 2 aromatic rings. The molecule has 0 radical (unpaired) electrons. The number of para-hydroxylation sites is 1. The lowest BCUT2D eigenvalue weighted by molar-refractivity contribution is -0.122. The summed E-state index contributed by atoms with van der Waals surface area (Å²) in [5, 5.41) is 6.77. The number of amides is 1. The number of hydrogen-bond donors (Lipinski definition) is 1. The van der Waals surface area contributed by atoms with Crippen LogP contribution < -0.4 is 10.1 Å². The van der Waals surface area contributed by atoms with Crippen molar-refractivity contribution < 1.29 is 28.6 Å². The quantitative estimate of drug-likeness (QED) is 0.728. The number of carbonyl (C=O) groups excluding carboxylic acids is 3. The van der Waals surface area contributed by atoms with Crippen molar-refractivity contribution in [3.8, 4) is 5.75 Å². The molecule has 9 nitrogen and oxygen atoms in total. The van der Waals surface area contributed by atoms with Gasteiger partial charge in [-0.25, -0.2) is 14.3 Å². The van der Waals surface area contributed by atoms with E-state index in [0.717, 1.165) is 10.2 Å². The van der Waals surface area contributed by atoms with Crippen LogP contribution >= 0.6 is 0 Å². The van der Waals surface area contributed by atoms with Gasteiger partial charge in [-0.05, 0) is 13.0 Å². The third kappa shape index (κ3) is 4.63. The third-order valence-electron chi connectivity index (χ3n) is 3.85. The van der Waals surface area contributed by atoms with Gasteiger partial charge in [-0.3, -0.25) is 4.79 Å². The highest BCUT2D eigenvalue weighted by Gasteiger charge is 2.22. The molecule has 0 saturated heterocycles. The van der Waals surface area contributed by atoms with Gasteiger partial charge in [-0.1, -0.05) is 18.2 Å². The summed E-state index contributed by atoms with van der Waals surface area (Å²) in [6.45, 7) is 1.53. The summed E-state index contributed by atoms with van der Waals surface area (Å²) in [5.74, 6) is -1.20. The van der Waals surface area contributed by atoms with Gasteiger partial charge >= 0.3 is 11.9 Å². The molecule has 0 bridgehead atoms. The minimum atomic E-state index is -0.721. The number of nitrogens with one attached hydrogen (secondary N) is 1. The molecule has 1 atom stereocenters. The van der Waals surface area contributed by atoms with Crippen LogP contribution in [0.25, 0.3) is 0 Å². The number of aromatic nitrogens is 2. The average molecular weight is 375 g/mol. The topological polar surface area (TPSA) is 109 Å². The van der Waals surface area contributed by atoms with E-state index in [2.05, 4.69) is 19.9 Å². The van der Waals surface area contributed by atoms with Crippen molar-refractivity contribution >= 4 is 17.8 Å². The average Bonchev–Trinajstić information content (AvgIpc) is 3.10. The second-order valence-corrected chi connectivity index (χ2v) is 5.59. The number of rotatable bonds is 7. The zero-order chi connectivity index (χ0) is 20.0. The SMILES string of the molecule is COC(=O)c1cc(C(=O)OC)n(CC(=O)N[C@@H](C)c2ccccc2OC)n1. The van der Waals surface area contributed by atoms with Gasteiger partial charge in [0.05, 0.1) is 27.4 Å². The first-order valence-electron chi connectivity index (χ1n) is 8.08. The van der Waals surface area contributed by atoms with Crippen molar-refractivity contribution in [1.29, 1.82) is 0 Å². The lowest BCUT2D eigenvalue weighted by Gasteiger charge is -2.17. The molecule has 27 heavy (non-hydrogen) atoms. The standard InChI is InChI=1S/C18H21N3O6/c1-11(12-7-5-6-8-15(12)25-2)19-16(22)10-21-14(18(24)27-4)9-13(20-21)17(23)26-3/h5-9,11H,10H2,1-4H3,(H,19,22)/t11-/m0/s1. The van der Waals surface area contributed by atoms with E-state index in [9.17, 15) is 14.4 Å². The molecule has 0 aliphatic carbocycles. The van der Waals surface area contributed by atoms with Crippen LogP contribution in [0.5, 0.6) is 5.75 Å². The van der Waals surface area contributed by atoms with Gasteiger partial charge in [-0.2, -0.15) is 5.10 Å². The lowest BCUT2D eigenvalue weighted by atomic mass is 10.1. The fraction of sp³-hybridized carbons (Fsp3) is 0.333. The van der Waals surface area contributed by atoms with Gasteiger partial charge in [-0.15, -0.1) is 0 Å². The van der Waals surface area contributed by atoms with Crippen molar-refractivity contribution in [1.82, 2.24) is 15.1 Å². The van der Waals surface area contributed by atoms with Gasteiger partial charge in [0.1, 0.15) is 18.0 Å². The number of benzene rings is 1. The number of nitrogens with zero attached hydrogens (tertiary/aromatic N) is 2. The van der Waals surface area contributed by atoms with Crippen LogP contribution in [-0.4, -0.2) is 49.0 Å². The molecule has 0 unspecified atom stereocenters. The van der Waals surface area contributed by atoms with Gasteiger partial charge in [0.15, 0.2) is 5.69 Å². The number of esters is 2. The van der Waals surface area contributed by atoms with Crippen LogP contribution in [0.2, 0.25) is 0 Å². The van der Waals surface area contributed by atoms with Crippen LogP contribution in [0.3, 0.4) is 0 Å². The van der Waals surface area contributed by atoms with E-state index >= 15 is 0 Å². The Balaban J connectivity index is 2.18. The van der Waals surface area contributed by atoms with Crippen LogP contribution in [0, 0.1) is 0 Å². The minimum absolute atomic E-state index is 0.0296. The van der Waals surface area contributed by atoms with E-state index in [4.69, 9.17) is 4.74 Å². The van der Waals surface area contributed by atoms with Crippen LogP contribution in [0.1, 0.15) is 39.5 Å². The molecule has 0 spiro atoms. The van der Waals surface area contributed by atoms with Crippen LogP contribution in [0.15, 0.2) is 30.3 Å². The molecule has 1 N–H and O–H groups in total. The van der Waals surface area contributed by atoms with Gasteiger partial charge < -0.3 is 19.5 Å². The summed E-state index contributed by atoms with van der Waals surface area (Å²) >= 11 is 0. The monoisotopic (exact) mass is 375 g/mol. The van der Waals surface area contributed by atoms with Gasteiger partial charge in [0.25, 0.3) is 0 Å². The van der Waals surface area contributed by atoms with Crippen molar-refractivity contribution in [3.05, 3.63) is 47.3 Å². The first-order chi connectivity index (χ1) is 12.9.